The van der Waals surface area contributed by atoms with Crippen LogP contribution in [0.15, 0.2) is 0 Å². The summed E-state index contributed by atoms with van der Waals surface area (Å²) in [5, 5.41) is 3.14. The van der Waals surface area contributed by atoms with Gasteiger partial charge in [0.05, 0.1) is 11.3 Å². The van der Waals surface area contributed by atoms with E-state index >= 15 is 0 Å². The monoisotopic (exact) mass is 131 g/mol. The molecule has 1 rings (SSSR count). The zero-order chi connectivity index (χ0) is 6.15. The van der Waals surface area contributed by atoms with E-state index in [-0.39, 0.29) is 11.8 Å². The highest BCUT2D eigenvalue weighted by molar-refractivity contribution is 7.99. The van der Waals surface area contributed by atoms with Crippen LogP contribution in [0, 0.1) is 5.92 Å². The maximum absolute atomic E-state index is 10.5. The van der Waals surface area contributed by atoms with Gasteiger partial charge < -0.3 is 5.32 Å². The van der Waals surface area contributed by atoms with Crippen molar-refractivity contribution < 1.29 is 4.79 Å². The van der Waals surface area contributed by atoms with Crippen molar-refractivity contribution >= 4 is 17.7 Å². The Morgan fingerprint density at radius 2 is 2.38 bits per heavy atom. The molecule has 0 aromatic heterocycles. The van der Waals surface area contributed by atoms with E-state index in [4.69, 9.17) is 0 Å². The predicted molar refractivity (Wildman–Crippen MR) is 34.6 cm³/mol. The quantitative estimate of drug-likeness (QED) is 0.523. The third kappa shape index (κ3) is 0.708. The number of β-lactam (4-membered cyclic amide) rings is 1. The molecule has 2 unspecified atom stereocenters. The van der Waals surface area contributed by atoms with Gasteiger partial charge in [0, 0.05) is 0 Å². The Balaban J connectivity index is 2.35. The van der Waals surface area contributed by atoms with Gasteiger partial charge in [-0.15, -0.1) is 11.8 Å². The SMILES string of the molecule is CSC1NC(=O)C1C. The molecule has 1 aliphatic heterocycles. The van der Waals surface area contributed by atoms with Crippen molar-refractivity contribution in [3.05, 3.63) is 0 Å². The number of nitrogens with one attached hydrogen (secondary N) is 1. The van der Waals surface area contributed by atoms with Gasteiger partial charge in [0.1, 0.15) is 0 Å². The van der Waals surface area contributed by atoms with Crippen LogP contribution in [-0.2, 0) is 4.79 Å². The molecule has 1 N–H and O–H groups in total. The van der Waals surface area contributed by atoms with Gasteiger partial charge in [0.15, 0.2) is 0 Å². The Hall–Kier alpha value is -0.180. The van der Waals surface area contributed by atoms with E-state index in [2.05, 4.69) is 5.32 Å². The molecule has 1 fully saturated rings. The van der Waals surface area contributed by atoms with Crippen LogP contribution in [0.4, 0.5) is 0 Å². The average molecular weight is 131 g/mol. The van der Waals surface area contributed by atoms with Gasteiger partial charge >= 0.3 is 0 Å². The molecule has 8 heavy (non-hydrogen) atoms. The second kappa shape index (κ2) is 1.97. The molecule has 0 saturated carbocycles. The Morgan fingerprint density at radius 3 is 2.50 bits per heavy atom. The van der Waals surface area contributed by atoms with Crippen molar-refractivity contribution in [2.45, 2.75) is 12.3 Å². The fourth-order valence-electron chi connectivity index (χ4n) is 0.701. The normalized spacial score (nSPS) is 36.0. The third-order valence-electron chi connectivity index (χ3n) is 1.41. The van der Waals surface area contributed by atoms with E-state index in [0.717, 1.165) is 0 Å². The molecule has 46 valence electrons. The first-order valence-corrected chi connectivity index (χ1v) is 3.87. The second-order valence-electron chi connectivity index (χ2n) is 1.95. The molecular weight excluding hydrogens is 122 g/mol. The van der Waals surface area contributed by atoms with Crippen molar-refractivity contribution in [3.63, 3.8) is 0 Å². The molecule has 0 radical (unpaired) electrons. The largest absolute Gasteiger partial charge is 0.343 e. The first-order valence-electron chi connectivity index (χ1n) is 2.59. The van der Waals surface area contributed by atoms with E-state index in [1.165, 1.54) is 0 Å². The molecule has 3 heteroatoms. The Kier molecular flexibility index (Phi) is 1.47. The maximum Gasteiger partial charge on any atom is 0.226 e. The summed E-state index contributed by atoms with van der Waals surface area (Å²) in [6.45, 7) is 1.94. The summed E-state index contributed by atoms with van der Waals surface area (Å²) in [6.07, 6.45) is 2.00. The summed E-state index contributed by atoms with van der Waals surface area (Å²) in [5.74, 6) is 0.411. The molecule has 0 spiro atoms. The van der Waals surface area contributed by atoms with Gasteiger partial charge in [0.2, 0.25) is 5.91 Å². The zero-order valence-electron chi connectivity index (χ0n) is 4.97. The van der Waals surface area contributed by atoms with Gasteiger partial charge in [-0.1, -0.05) is 6.92 Å². The first kappa shape index (κ1) is 5.95. The lowest BCUT2D eigenvalue weighted by atomic mass is 10.1. The molecule has 2 nitrogen and oxygen atoms in total. The molecule has 0 bridgehead atoms. The van der Waals surface area contributed by atoms with Crippen LogP contribution < -0.4 is 5.32 Å². The van der Waals surface area contributed by atoms with Gasteiger partial charge in [-0.3, -0.25) is 4.79 Å². The van der Waals surface area contributed by atoms with Crippen molar-refractivity contribution in [3.8, 4) is 0 Å². The smallest absolute Gasteiger partial charge is 0.226 e. The van der Waals surface area contributed by atoms with Gasteiger partial charge in [-0.05, 0) is 6.26 Å². The number of thioether (sulfide) groups is 1. The highest BCUT2D eigenvalue weighted by atomic mass is 32.2. The zero-order valence-corrected chi connectivity index (χ0v) is 5.79. The van der Waals surface area contributed by atoms with Crippen molar-refractivity contribution in [1.82, 2.24) is 5.32 Å². The number of hydrogen-bond donors (Lipinski definition) is 1. The lowest BCUT2D eigenvalue weighted by Gasteiger charge is -2.32. The fourth-order valence-corrected chi connectivity index (χ4v) is 1.47. The van der Waals surface area contributed by atoms with E-state index in [1.807, 2.05) is 13.2 Å². The number of carbonyl (C=O) groups is 1. The van der Waals surface area contributed by atoms with Gasteiger partial charge in [0.25, 0.3) is 0 Å². The highest BCUT2D eigenvalue weighted by Crippen LogP contribution is 2.21. The van der Waals surface area contributed by atoms with Gasteiger partial charge in [-0.2, -0.15) is 0 Å². The van der Waals surface area contributed by atoms with Crippen LogP contribution in [0.3, 0.4) is 0 Å². The minimum absolute atomic E-state index is 0.185. The van der Waals surface area contributed by atoms with Crippen molar-refractivity contribution in [1.29, 1.82) is 0 Å². The Bertz CT molecular complexity index is 115. The van der Waals surface area contributed by atoms with E-state index in [1.54, 1.807) is 11.8 Å². The number of rotatable bonds is 1. The summed E-state index contributed by atoms with van der Waals surface area (Å²) in [5.41, 5.74) is 0. The second-order valence-corrected chi connectivity index (χ2v) is 2.93. The van der Waals surface area contributed by atoms with E-state index in [9.17, 15) is 4.79 Å². The summed E-state index contributed by atoms with van der Waals surface area (Å²) < 4.78 is 0. The van der Waals surface area contributed by atoms with E-state index in [0.29, 0.717) is 5.37 Å². The Labute approximate surface area is 53.0 Å². The Morgan fingerprint density at radius 1 is 1.75 bits per heavy atom. The molecule has 2 atom stereocenters. The molecule has 1 saturated heterocycles. The number of carbonyl (C=O) groups excluding carboxylic acids is 1. The minimum Gasteiger partial charge on any atom is -0.343 e. The third-order valence-corrected chi connectivity index (χ3v) is 2.44. The average Bonchev–Trinajstić information content (AvgIpc) is 1.81. The maximum atomic E-state index is 10.5. The summed E-state index contributed by atoms with van der Waals surface area (Å²) in [4.78, 5) is 10.5. The van der Waals surface area contributed by atoms with Crippen LogP contribution in [0.5, 0.6) is 0 Å². The van der Waals surface area contributed by atoms with Crippen LogP contribution in [0.2, 0.25) is 0 Å². The van der Waals surface area contributed by atoms with Crippen LogP contribution in [0.1, 0.15) is 6.92 Å². The summed E-state index contributed by atoms with van der Waals surface area (Å²) in [6, 6.07) is 0. The molecule has 1 aliphatic rings. The standard InChI is InChI=1S/C5H9NOS/c1-3-4(7)6-5(3)8-2/h3,5H,1-2H3,(H,6,7). The van der Waals surface area contributed by atoms with Crippen molar-refractivity contribution in [2.75, 3.05) is 6.26 Å². The molecule has 0 aromatic carbocycles. The van der Waals surface area contributed by atoms with Crippen LogP contribution >= 0.6 is 11.8 Å². The summed E-state index contributed by atoms with van der Waals surface area (Å²) >= 11 is 1.69. The summed E-state index contributed by atoms with van der Waals surface area (Å²) in [7, 11) is 0. The van der Waals surface area contributed by atoms with Crippen LogP contribution in [0.25, 0.3) is 0 Å². The van der Waals surface area contributed by atoms with Crippen molar-refractivity contribution in [2.24, 2.45) is 5.92 Å². The molecule has 1 amide bonds. The highest BCUT2D eigenvalue weighted by Gasteiger charge is 2.33. The van der Waals surface area contributed by atoms with Crippen LogP contribution in [-0.4, -0.2) is 17.5 Å². The molecule has 0 aliphatic carbocycles. The minimum atomic E-state index is 0.185. The molecule has 0 aromatic rings. The fraction of sp³-hybridized carbons (Fsp3) is 0.800. The topological polar surface area (TPSA) is 29.1 Å². The lowest BCUT2D eigenvalue weighted by Crippen LogP contribution is -2.54. The molecule has 1 heterocycles. The van der Waals surface area contributed by atoms with Gasteiger partial charge in [-0.25, -0.2) is 0 Å². The predicted octanol–water partition coefficient (Wildman–Crippen LogP) is 0.441. The molecular formula is C5H9NOS. The lowest BCUT2D eigenvalue weighted by molar-refractivity contribution is -0.131. The number of hydrogen-bond acceptors (Lipinski definition) is 2. The first-order chi connectivity index (χ1) is 3.75. The van der Waals surface area contributed by atoms with E-state index < -0.39 is 0 Å². The number of amides is 1.